The summed E-state index contributed by atoms with van der Waals surface area (Å²) in [6.45, 7) is 1.19. The van der Waals surface area contributed by atoms with Crippen LogP contribution in [0.25, 0.3) is 0 Å². The van der Waals surface area contributed by atoms with Gasteiger partial charge in [-0.15, -0.1) is 0 Å². The highest BCUT2D eigenvalue weighted by Gasteiger charge is 2.27. The Hall–Kier alpha value is -3.26. The summed E-state index contributed by atoms with van der Waals surface area (Å²) in [5, 5.41) is 10.4. The van der Waals surface area contributed by atoms with Gasteiger partial charge in [-0.05, 0) is 37.1 Å². The lowest BCUT2D eigenvalue weighted by atomic mass is 10.0. The predicted molar refractivity (Wildman–Crippen MR) is 109 cm³/mol. The van der Waals surface area contributed by atoms with Crippen LogP contribution < -0.4 is 10.6 Å². The van der Waals surface area contributed by atoms with Crippen molar-refractivity contribution in [2.45, 2.75) is 18.9 Å². The molecule has 0 saturated carbocycles. The van der Waals surface area contributed by atoms with Crippen LogP contribution in [0.2, 0.25) is 5.02 Å². The Morgan fingerprint density at radius 3 is 2.59 bits per heavy atom. The minimum absolute atomic E-state index is 0.0845. The van der Waals surface area contributed by atoms with Gasteiger partial charge in [0.25, 0.3) is 5.91 Å². The van der Waals surface area contributed by atoms with E-state index in [9.17, 15) is 9.59 Å². The van der Waals surface area contributed by atoms with Crippen LogP contribution in [0.4, 0.5) is 16.3 Å². The van der Waals surface area contributed by atoms with E-state index in [4.69, 9.17) is 16.0 Å². The molecule has 2 N–H and O–H groups in total. The number of carbonyl (C=O) groups excluding carboxylic acids is 2. The standard InChI is InChI=1S/C20H20ClN5O3/c21-15-4-1-2-5-16(15)23-20(28)24-18-7-10-22-26(18)14-8-11-25(12-9-14)19(27)17-6-3-13-29-17/h1-7,10,13-14H,8-9,11-12H2,(H2,23,24,28). The summed E-state index contributed by atoms with van der Waals surface area (Å²) in [4.78, 5) is 26.5. The number of piperidine rings is 1. The second kappa shape index (κ2) is 8.40. The molecule has 1 aliphatic rings. The first-order chi connectivity index (χ1) is 14.1. The molecule has 0 unspecified atom stereocenters. The number of benzene rings is 1. The molecule has 3 amide bonds. The average molecular weight is 414 g/mol. The van der Waals surface area contributed by atoms with Crippen LogP contribution in [0.1, 0.15) is 29.4 Å². The first-order valence-corrected chi connectivity index (χ1v) is 9.68. The van der Waals surface area contributed by atoms with Crippen molar-refractivity contribution in [3.05, 3.63) is 65.7 Å². The number of halogens is 1. The summed E-state index contributed by atoms with van der Waals surface area (Å²) in [5.41, 5.74) is 0.530. The number of nitrogens with zero attached hydrogens (tertiary/aromatic N) is 3. The van der Waals surface area contributed by atoms with Gasteiger partial charge in [0.15, 0.2) is 5.76 Å². The lowest BCUT2D eigenvalue weighted by Gasteiger charge is -2.32. The number of hydrogen-bond acceptors (Lipinski definition) is 4. The first-order valence-electron chi connectivity index (χ1n) is 9.30. The highest BCUT2D eigenvalue weighted by Crippen LogP contribution is 2.27. The monoisotopic (exact) mass is 413 g/mol. The second-order valence-electron chi connectivity index (χ2n) is 6.72. The summed E-state index contributed by atoms with van der Waals surface area (Å²) in [6.07, 6.45) is 4.60. The van der Waals surface area contributed by atoms with Crippen molar-refractivity contribution in [1.29, 1.82) is 0 Å². The van der Waals surface area contributed by atoms with Crippen LogP contribution in [-0.4, -0.2) is 39.7 Å². The maximum absolute atomic E-state index is 12.4. The molecule has 9 heteroatoms. The Morgan fingerprint density at radius 2 is 1.86 bits per heavy atom. The first kappa shape index (κ1) is 19.1. The molecule has 8 nitrogen and oxygen atoms in total. The molecular weight excluding hydrogens is 394 g/mol. The van der Waals surface area contributed by atoms with Gasteiger partial charge in [-0.25, -0.2) is 9.48 Å². The van der Waals surface area contributed by atoms with E-state index >= 15 is 0 Å². The molecule has 1 aliphatic heterocycles. The highest BCUT2D eigenvalue weighted by molar-refractivity contribution is 6.33. The summed E-state index contributed by atoms with van der Waals surface area (Å²) < 4.78 is 6.99. The summed E-state index contributed by atoms with van der Waals surface area (Å²) in [7, 11) is 0. The SMILES string of the molecule is O=C(Nc1ccccc1Cl)Nc1ccnn1C1CCN(C(=O)c2ccco2)CC1. The summed E-state index contributed by atoms with van der Waals surface area (Å²) >= 11 is 6.08. The zero-order chi connectivity index (χ0) is 20.2. The Kier molecular flexibility index (Phi) is 5.53. The van der Waals surface area contributed by atoms with Gasteiger partial charge in [-0.1, -0.05) is 23.7 Å². The molecule has 3 heterocycles. The van der Waals surface area contributed by atoms with Crippen LogP contribution in [-0.2, 0) is 0 Å². The minimum Gasteiger partial charge on any atom is -0.459 e. The number of likely N-dealkylation sites (tertiary alicyclic amines) is 1. The zero-order valence-corrected chi connectivity index (χ0v) is 16.3. The second-order valence-corrected chi connectivity index (χ2v) is 7.13. The topological polar surface area (TPSA) is 92.4 Å². The number of carbonyl (C=O) groups is 2. The Balaban J connectivity index is 1.36. The Labute approximate surface area is 172 Å². The summed E-state index contributed by atoms with van der Waals surface area (Å²) in [6, 6.07) is 11.8. The molecule has 29 heavy (non-hydrogen) atoms. The van der Waals surface area contributed by atoms with Crippen LogP contribution >= 0.6 is 11.6 Å². The summed E-state index contributed by atoms with van der Waals surface area (Å²) in [5.74, 6) is 0.831. The van der Waals surface area contributed by atoms with Crippen molar-refractivity contribution in [2.24, 2.45) is 0 Å². The number of hydrogen-bond donors (Lipinski definition) is 2. The van der Waals surface area contributed by atoms with Crippen molar-refractivity contribution in [3.8, 4) is 0 Å². The van der Waals surface area contributed by atoms with Crippen LogP contribution in [0.15, 0.2) is 59.3 Å². The molecule has 4 rings (SSSR count). The number of furan rings is 1. The molecule has 1 aromatic carbocycles. The maximum Gasteiger partial charge on any atom is 0.324 e. The van der Waals surface area contributed by atoms with E-state index < -0.39 is 6.03 Å². The lowest BCUT2D eigenvalue weighted by molar-refractivity contribution is 0.0659. The largest absolute Gasteiger partial charge is 0.459 e. The van der Waals surface area contributed by atoms with Gasteiger partial charge in [-0.3, -0.25) is 10.1 Å². The van der Waals surface area contributed by atoms with E-state index in [1.165, 1.54) is 6.26 Å². The average Bonchev–Trinajstić information content (AvgIpc) is 3.42. The maximum atomic E-state index is 12.4. The predicted octanol–water partition coefficient (Wildman–Crippen LogP) is 4.25. The normalized spacial score (nSPS) is 14.6. The molecule has 150 valence electrons. The van der Waals surface area contributed by atoms with Gasteiger partial charge in [-0.2, -0.15) is 5.10 Å². The molecule has 0 radical (unpaired) electrons. The van der Waals surface area contributed by atoms with Crippen molar-refractivity contribution in [2.75, 3.05) is 23.7 Å². The van der Waals surface area contributed by atoms with E-state index in [0.717, 1.165) is 12.8 Å². The zero-order valence-electron chi connectivity index (χ0n) is 15.5. The lowest BCUT2D eigenvalue weighted by Crippen LogP contribution is -2.39. The third-order valence-corrected chi connectivity index (χ3v) is 5.19. The van der Waals surface area contributed by atoms with E-state index in [-0.39, 0.29) is 11.9 Å². The molecule has 3 aromatic rings. The van der Waals surface area contributed by atoms with Crippen molar-refractivity contribution >= 4 is 35.0 Å². The van der Waals surface area contributed by atoms with E-state index in [0.29, 0.717) is 35.4 Å². The molecule has 0 aliphatic carbocycles. The van der Waals surface area contributed by atoms with Gasteiger partial charge < -0.3 is 14.6 Å². The van der Waals surface area contributed by atoms with Crippen molar-refractivity contribution < 1.29 is 14.0 Å². The highest BCUT2D eigenvalue weighted by atomic mass is 35.5. The van der Waals surface area contributed by atoms with Gasteiger partial charge in [0.1, 0.15) is 5.82 Å². The molecular formula is C20H20ClN5O3. The van der Waals surface area contributed by atoms with Gasteiger partial charge in [0.05, 0.1) is 29.2 Å². The van der Waals surface area contributed by atoms with Gasteiger partial charge in [0.2, 0.25) is 0 Å². The Bertz CT molecular complexity index is 993. The Morgan fingerprint density at radius 1 is 1.07 bits per heavy atom. The van der Waals surface area contributed by atoms with Gasteiger partial charge in [0, 0.05) is 19.2 Å². The number of anilines is 2. The molecule has 2 aromatic heterocycles. The van der Waals surface area contributed by atoms with E-state index in [2.05, 4.69) is 15.7 Å². The smallest absolute Gasteiger partial charge is 0.324 e. The third-order valence-electron chi connectivity index (χ3n) is 4.86. The molecule has 1 fully saturated rings. The third kappa shape index (κ3) is 4.27. The van der Waals surface area contributed by atoms with E-state index in [1.54, 1.807) is 58.2 Å². The molecule has 0 spiro atoms. The number of urea groups is 1. The van der Waals surface area contributed by atoms with Crippen molar-refractivity contribution in [3.63, 3.8) is 0 Å². The van der Waals surface area contributed by atoms with E-state index in [1.807, 2.05) is 0 Å². The fraction of sp³-hybridized carbons (Fsp3) is 0.250. The molecule has 0 atom stereocenters. The molecule has 0 bridgehead atoms. The number of amides is 3. The fourth-order valence-corrected chi connectivity index (χ4v) is 3.59. The fourth-order valence-electron chi connectivity index (χ4n) is 3.41. The van der Waals surface area contributed by atoms with Crippen LogP contribution in [0, 0.1) is 0 Å². The molecule has 1 saturated heterocycles. The number of rotatable bonds is 4. The minimum atomic E-state index is -0.398. The quantitative estimate of drug-likeness (QED) is 0.668. The van der Waals surface area contributed by atoms with Gasteiger partial charge >= 0.3 is 6.03 Å². The van der Waals surface area contributed by atoms with Crippen molar-refractivity contribution in [1.82, 2.24) is 14.7 Å². The van der Waals surface area contributed by atoms with Crippen LogP contribution in [0.3, 0.4) is 0 Å². The number of para-hydroxylation sites is 1. The number of aromatic nitrogens is 2. The van der Waals surface area contributed by atoms with Crippen LogP contribution in [0.5, 0.6) is 0 Å². The number of nitrogens with one attached hydrogen (secondary N) is 2.